The first kappa shape index (κ1) is 32.7. The maximum absolute atomic E-state index is 12.0. The molecule has 39 heavy (non-hydrogen) atoms. The van der Waals surface area contributed by atoms with Crippen molar-refractivity contribution in [3.05, 3.63) is 54.4 Å². The Morgan fingerprint density at radius 3 is 2.44 bits per heavy atom. The highest BCUT2D eigenvalue weighted by molar-refractivity contribution is 7.10. The number of alkyl halides is 1. The molecule has 0 fully saturated rings. The molecule has 12 heteroatoms. The number of amides is 1. The Morgan fingerprint density at radius 1 is 1.28 bits per heavy atom. The number of terminal acetylenes is 1. The van der Waals surface area contributed by atoms with Gasteiger partial charge in [0.1, 0.15) is 18.2 Å². The molecular formula is C27H32Cl3N3O5S. The van der Waals surface area contributed by atoms with Gasteiger partial charge in [0, 0.05) is 23.5 Å². The number of nitrogens with zero attached hydrogens (tertiary/aromatic N) is 3. The van der Waals surface area contributed by atoms with Crippen LogP contribution in [0.5, 0.6) is 5.75 Å². The smallest absolute Gasteiger partial charge is 0.442 e. The summed E-state index contributed by atoms with van der Waals surface area (Å²) in [4.78, 5) is 26.9. The van der Waals surface area contributed by atoms with E-state index in [0.29, 0.717) is 23.9 Å². The fourth-order valence-corrected chi connectivity index (χ4v) is 5.02. The summed E-state index contributed by atoms with van der Waals surface area (Å²) in [6, 6.07) is 2.94. The second-order valence-corrected chi connectivity index (χ2v) is 11.8. The number of aromatic nitrogens is 2. The summed E-state index contributed by atoms with van der Waals surface area (Å²) in [5, 5.41) is 6.76. The van der Waals surface area contributed by atoms with E-state index < -0.39 is 11.2 Å². The molecule has 0 aliphatic carbocycles. The number of halogens is 3. The number of hydrogen-bond acceptors (Lipinski definition) is 7. The molecule has 0 saturated carbocycles. The Labute approximate surface area is 247 Å². The zero-order valence-corrected chi connectivity index (χ0v) is 26.0. The van der Waals surface area contributed by atoms with E-state index in [-0.39, 0.29) is 34.5 Å². The first-order chi connectivity index (χ1) is 18.3. The Hall–Kier alpha value is -2.48. The predicted molar refractivity (Wildman–Crippen MR) is 158 cm³/mol. The zero-order chi connectivity index (χ0) is 29.5. The van der Waals surface area contributed by atoms with Crippen LogP contribution in [0.15, 0.2) is 26.7 Å². The summed E-state index contributed by atoms with van der Waals surface area (Å²) in [6.07, 6.45) is 5.15. The van der Waals surface area contributed by atoms with Gasteiger partial charge in [0.2, 0.25) is 11.8 Å². The molecule has 0 aliphatic heterocycles. The fourth-order valence-electron chi connectivity index (χ4n) is 3.54. The van der Waals surface area contributed by atoms with Crippen molar-refractivity contribution in [3.8, 4) is 23.8 Å². The van der Waals surface area contributed by atoms with Gasteiger partial charge in [0.05, 0.1) is 34.1 Å². The highest BCUT2D eigenvalue weighted by Gasteiger charge is 2.26. The molecule has 3 aromatic rings. The maximum atomic E-state index is 12.0. The third kappa shape index (κ3) is 8.26. The molecule has 0 saturated heterocycles. The molecule has 0 bridgehead atoms. The van der Waals surface area contributed by atoms with Crippen LogP contribution in [0.1, 0.15) is 44.0 Å². The van der Waals surface area contributed by atoms with E-state index in [4.69, 9.17) is 55.1 Å². The number of ether oxygens (including phenoxy) is 2. The lowest BCUT2D eigenvalue weighted by Crippen LogP contribution is -2.42. The lowest BCUT2D eigenvalue weighted by Gasteiger charge is -2.29. The number of thiophene rings is 1. The number of carbonyl (C=O) groups excluding carboxylic acids is 1. The Bertz CT molecular complexity index is 1370. The van der Waals surface area contributed by atoms with Gasteiger partial charge in [-0.3, -0.25) is 4.79 Å². The van der Waals surface area contributed by atoms with Crippen molar-refractivity contribution < 1.29 is 18.7 Å². The molecule has 0 radical (unpaired) electrons. The molecule has 0 aliphatic rings. The SMILES string of the molecule is C#CCOc1cc(-n2nc(C(C)(C)C)oc2=O)c(Cl)cc1Cl.COCC(C)N(C(=O)CCl)c1c(C)csc1C. The molecule has 2 heterocycles. The van der Waals surface area contributed by atoms with E-state index in [0.717, 1.165) is 20.8 Å². The largest absolute Gasteiger partial charge is 0.479 e. The van der Waals surface area contributed by atoms with Gasteiger partial charge in [-0.1, -0.05) is 49.9 Å². The van der Waals surface area contributed by atoms with Crippen LogP contribution < -0.4 is 15.4 Å². The van der Waals surface area contributed by atoms with Crippen LogP contribution in [0.25, 0.3) is 5.69 Å². The number of rotatable bonds is 8. The van der Waals surface area contributed by atoms with Gasteiger partial charge in [0.25, 0.3) is 0 Å². The van der Waals surface area contributed by atoms with E-state index in [9.17, 15) is 9.59 Å². The van der Waals surface area contributed by atoms with Gasteiger partial charge >= 0.3 is 5.76 Å². The maximum Gasteiger partial charge on any atom is 0.442 e. The summed E-state index contributed by atoms with van der Waals surface area (Å²) in [6.45, 7) is 12.2. The van der Waals surface area contributed by atoms with Crippen LogP contribution in [0.3, 0.4) is 0 Å². The minimum absolute atomic E-state index is 0.0111. The van der Waals surface area contributed by atoms with E-state index in [2.05, 4.69) is 16.4 Å². The highest BCUT2D eigenvalue weighted by Crippen LogP contribution is 2.33. The van der Waals surface area contributed by atoms with Crippen molar-refractivity contribution in [2.24, 2.45) is 0 Å². The van der Waals surface area contributed by atoms with Gasteiger partial charge in [0.15, 0.2) is 0 Å². The minimum Gasteiger partial charge on any atom is -0.479 e. The third-order valence-corrected chi connectivity index (χ3v) is 7.17. The summed E-state index contributed by atoms with van der Waals surface area (Å²) in [5.41, 5.74) is 1.98. The molecule has 8 nitrogen and oxygen atoms in total. The second kappa shape index (κ2) is 14.2. The fraction of sp³-hybridized carbons (Fsp3) is 0.444. The van der Waals surface area contributed by atoms with Crippen LogP contribution in [0.2, 0.25) is 10.0 Å². The van der Waals surface area contributed by atoms with Gasteiger partial charge < -0.3 is 18.8 Å². The van der Waals surface area contributed by atoms with Crippen LogP contribution in [-0.2, 0) is 14.9 Å². The average Bonchev–Trinajstić information content (AvgIpc) is 3.41. The Balaban J connectivity index is 0.000000283. The number of benzene rings is 1. The Morgan fingerprint density at radius 2 is 1.95 bits per heavy atom. The number of anilines is 1. The molecule has 1 atom stereocenters. The topological polar surface area (TPSA) is 86.8 Å². The highest BCUT2D eigenvalue weighted by atomic mass is 35.5. The van der Waals surface area contributed by atoms with E-state index in [1.54, 1.807) is 23.3 Å². The summed E-state index contributed by atoms with van der Waals surface area (Å²) >= 11 is 19.5. The predicted octanol–water partition coefficient (Wildman–Crippen LogP) is 6.41. The first-order valence-electron chi connectivity index (χ1n) is 11.8. The third-order valence-electron chi connectivity index (χ3n) is 5.32. The minimum atomic E-state index is -0.642. The Kier molecular flexibility index (Phi) is 12.0. The van der Waals surface area contributed by atoms with Crippen LogP contribution in [0.4, 0.5) is 5.69 Å². The standard InChI is InChI=1S/C15H14Cl2N2O3.C12H18ClNO2S/c1-5-6-21-12-8-11(9(16)7-10(12)17)19-14(20)22-13(18-19)15(2,3)4;1-8-7-17-10(3)12(8)14(11(15)5-13)9(2)6-16-4/h1,7-8H,6H2,2-4H3;7,9H,5-6H2,1-4H3. The van der Waals surface area contributed by atoms with Crippen molar-refractivity contribution in [2.45, 2.75) is 53.0 Å². The van der Waals surface area contributed by atoms with Gasteiger partial charge in [-0.05, 0) is 37.8 Å². The monoisotopic (exact) mass is 615 g/mol. The summed E-state index contributed by atoms with van der Waals surface area (Å²) in [5.74, 6) is 2.21. The van der Waals surface area contributed by atoms with E-state index in [1.165, 1.54) is 12.1 Å². The van der Waals surface area contributed by atoms with E-state index >= 15 is 0 Å². The van der Waals surface area contributed by atoms with Gasteiger partial charge in [-0.25, -0.2) is 4.79 Å². The molecule has 0 spiro atoms. The molecule has 1 amide bonds. The quantitative estimate of drug-likeness (QED) is 0.215. The van der Waals surface area contributed by atoms with Crippen molar-refractivity contribution in [3.63, 3.8) is 0 Å². The van der Waals surface area contributed by atoms with E-state index in [1.807, 2.05) is 41.5 Å². The number of aryl methyl sites for hydroxylation is 2. The number of methoxy groups -OCH3 is 1. The summed E-state index contributed by atoms with van der Waals surface area (Å²) in [7, 11) is 1.63. The zero-order valence-electron chi connectivity index (χ0n) is 22.9. The van der Waals surface area contributed by atoms with Crippen molar-refractivity contribution in [1.29, 1.82) is 0 Å². The molecule has 0 N–H and O–H groups in total. The molecule has 2 aromatic heterocycles. The molecule has 3 rings (SSSR count). The first-order valence-corrected chi connectivity index (χ1v) is 14.0. The lowest BCUT2D eigenvalue weighted by molar-refractivity contribution is -0.116. The average molecular weight is 617 g/mol. The van der Waals surface area contributed by atoms with Crippen LogP contribution in [-0.4, -0.2) is 47.9 Å². The van der Waals surface area contributed by atoms with Gasteiger partial charge in [-0.15, -0.1) is 34.5 Å². The second-order valence-electron chi connectivity index (χ2n) is 9.59. The summed E-state index contributed by atoms with van der Waals surface area (Å²) < 4.78 is 16.7. The number of carbonyl (C=O) groups is 1. The normalized spacial score (nSPS) is 11.8. The number of hydrogen-bond donors (Lipinski definition) is 0. The van der Waals surface area contributed by atoms with Crippen molar-refractivity contribution in [2.75, 3.05) is 31.1 Å². The van der Waals surface area contributed by atoms with Crippen LogP contribution in [0, 0.1) is 26.2 Å². The molecule has 1 unspecified atom stereocenters. The van der Waals surface area contributed by atoms with Crippen molar-refractivity contribution >= 4 is 57.7 Å². The molecule has 212 valence electrons. The lowest BCUT2D eigenvalue weighted by atomic mass is 9.97. The van der Waals surface area contributed by atoms with Gasteiger partial charge in [-0.2, -0.15) is 4.68 Å². The van der Waals surface area contributed by atoms with Crippen molar-refractivity contribution in [1.82, 2.24) is 9.78 Å². The molecule has 1 aromatic carbocycles. The van der Waals surface area contributed by atoms with Crippen LogP contribution >= 0.6 is 46.1 Å². The molecular weight excluding hydrogens is 585 g/mol.